The van der Waals surface area contributed by atoms with Crippen LogP contribution in [0.15, 0.2) is 29.2 Å². The smallest absolute Gasteiger partial charge is 0.339 e. The minimum Gasteiger partial charge on any atom is -0.497 e. The van der Waals surface area contributed by atoms with Crippen molar-refractivity contribution in [2.75, 3.05) is 7.11 Å². The molecule has 1 aromatic carbocycles. The predicted molar refractivity (Wildman–Crippen MR) is 71.6 cm³/mol. The molecule has 0 fully saturated rings. The van der Waals surface area contributed by atoms with Gasteiger partial charge < -0.3 is 20.7 Å². The average Bonchev–Trinajstić information content (AvgIpc) is 2.44. The van der Waals surface area contributed by atoms with E-state index in [1.165, 1.54) is 19.2 Å². The summed E-state index contributed by atoms with van der Waals surface area (Å²) in [6.45, 7) is 0. The van der Waals surface area contributed by atoms with Crippen LogP contribution >= 0.6 is 0 Å². The summed E-state index contributed by atoms with van der Waals surface area (Å²) in [5.41, 5.74) is 5.49. The van der Waals surface area contributed by atoms with Gasteiger partial charge in [0.2, 0.25) is 14.7 Å². The van der Waals surface area contributed by atoms with E-state index in [0.717, 1.165) is 12.1 Å². The Labute approximate surface area is 121 Å². The number of benzene rings is 1. The van der Waals surface area contributed by atoms with Crippen molar-refractivity contribution in [1.82, 2.24) is 0 Å². The molecule has 0 amide bonds. The summed E-state index contributed by atoms with van der Waals surface area (Å²) in [6.07, 6.45) is -1.43. The molecule has 8 nitrogen and oxygen atoms in total. The Balaban J connectivity index is 3.26. The summed E-state index contributed by atoms with van der Waals surface area (Å²) in [5, 5.41) is 17.7. The van der Waals surface area contributed by atoms with Gasteiger partial charge in [-0.2, -0.15) is 0 Å². The van der Waals surface area contributed by atoms with E-state index >= 15 is 0 Å². The molecule has 0 heterocycles. The van der Waals surface area contributed by atoms with Gasteiger partial charge in [-0.3, -0.25) is 4.79 Å². The average molecular weight is 317 g/mol. The molecule has 0 aromatic heterocycles. The minimum atomic E-state index is -4.46. The second-order valence-corrected chi connectivity index (χ2v) is 6.47. The summed E-state index contributed by atoms with van der Waals surface area (Å²) in [4.78, 5) is 18.8. The molecule has 0 aliphatic heterocycles. The van der Waals surface area contributed by atoms with Crippen LogP contribution in [0.4, 0.5) is 0 Å². The summed E-state index contributed by atoms with van der Waals surface area (Å²) in [7, 11) is -3.07. The van der Waals surface area contributed by atoms with Crippen LogP contribution in [-0.2, 0) is 19.4 Å². The zero-order valence-corrected chi connectivity index (χ0v) is 12.0. The van der Waals surface area contributed by atoms with Crippen LogP contribution < -0.4 is 10.5 Å². The van der Waals surface area contributed by atoms with Gasteiger partial charge in [0.05, 0.1) is 12.0 Å². The fraction of sp³-hybridized carbons (Fsp3) is 0.333. The van der Waals surface area contributed by atoms with Crippen LogP contribution in [0.5, 0.6) is 5.75 Å². The number of hydrogen-bond acceptors (Lipinski definition) is 6. The van der Waals surface area contributed by atoms with Gasteiger partial charge in [0.1, 0.15) is 5.75 Å². The number of nitrogens with two attached hydrogens (primary N) is 1. The Morgan fingerprint density at radius 1 is 1.24 bits per heavy atom. The maximum Gasteiger partial charge on any atom is 0.339 e. The first kappa shape index (κ1) is 16.9. The van der Waals surface area contributed by atoms with Crippen molar-refractivity contribution >= 4 is 21.8 Å². The molecule has 9 heteroatoms. The summed E-state index contributed by atoms with van der Waals surface area (Å²) < 4.78 is 29.6. The topological polar surface area (TPSA) is 144 Å². The largest absolute Gasteiger partial charge is 0.497 e. The fourth-order valence-corrected chi connectivity index (χ4v) is 3.13. The number of rotatable bonds is 7. The Morgan fingerprint density at radius 2 is 1.76 bits per heavy atom. The number of methoxy groups -OCH3 is 1. The molecule has 0 saturated carbocycles. The van der Waals surface area contributed by atoms with Crippen LogP contribution in [-0.4, -0.2) is 42.6 Å². The monoisotopic (exact) mass is 317 g/mol. The van der Waals surface area contributed by atoms with Crippen LogP contribution in [0.1, 0.15) is 12.8 Å². The normalized spacial score (nSPS) is 14.2. The van der Waals surface area contributed by atoms with E-state index in [1.54, 1.807) is 0 Å². The third-order valence-corrected chi connectivity index (χ3v) is 5.15. The highest BCUT2D eigenvalue weighted by Crippen LogP contribution is 2.27. The van der Waals surface area contributed by atoms with Crippen molar-refractivity contribution < 1.29 is 33.0 Å². The molecule has 1 rings (SSSR count). The molecule has 21 heavy (non-hydrogen) atoms. The standard InChI is InChI=1S/C12H15NO7S/c1-20-8-2-4-9(5-3-8)21(18,19)12(13,11(16)17)7-6-10(14)15/h2-5H,6-7,13H2,1H3,(H,14,15)(H,16,17)/t12-/m0/s1. The van der Waals surface area contributed by atoms with Crippen molar-refractivity contribution in [1.29, 1.82) is 0 Å². The van der Waals surface area contributed by atoms with Gasteiger partial charge >= 0.3 is 11.9 Å². The molecule has 0 radical (unpaired) electrons. The van der Waals surface area contributed by atoms with Gasteiger partial charge in [0.15, 0.2) is 0 Å². The van der Waals surface area contributed by atoms with Crippen LogP contribution in [0, 0.1) is 0 Å². The molecule has 4 N–H and O–H groups in total. The zero-order valence-electron chi connectivity index (χ0n) is 11.1. The second-order valence-electron chi connectivity index (χ2n) is 4.27. The molecular formula is C12H15NO7S. The summed E-state index contributed by atoms with van der Waals surface area (Å²) in [6, 6.07) is 4.98. The number of carboxylic acids is 2. The fourth-order valence-electron chi connectivity index (χ4n) is 1.61. The van der Waals surface area contributed by atoms with Crippen molar-refractivity contribution in [2.24, 2.45) is 5.73 Å². The predicted octanol–water partition coefficient (Wildman–Crippen LogP) is 0.0733. The van der Waals surface area contributed by atoms with E-state index in [9.17, 15) is 18.0 Å². The summed E-state index contributed by atoms with van der Waals surface area (Å²) >= 11 is 0. The van der Waals surface area contributed by atoms with Gasteiger partial charge in [-0.05, 0) is 24.3 Å². The number of sulfone groups is 1. The highest BCUT2D eigenvalue weighted by molar-refractivity contribution is 7.93. The quantitative estimate of drug-likeness (QED) is 0.641. The second kappa shape index (κ2) is 6.10. The van der Waals surface area contributed by atoms with E-state index in [2.05, 4.69) is 0 Å². The number of carbonyl (C=O) groups is 2. The molecule has 0 bridgehead atoms. The maximum atomic E-state index is 12.4. The molecule has 0 spiro atoms. The lowest BCUT2D eigenvalue weighted by atomic mass is 10.1. The number of carboxylic acid groups (broad SMARTS) is 2. The Hall–Kier alpha value is -2.13. The lowest BCUT2D eigenvalue weighted by Gasteiger charge is -2.24. The van der Waals surface area contributed by atoms with Crippen LogP contribution in [0.3, 0.4) is 0 Å². The van der Waals surface area contributed by atoms with Gasteiger partial charge in [0, 0.05) is 12.8 Å². The number of ether oxygens (including phenoxy) is 1. The van der Waals surface area contributed by atoms with Gasteiger partial charge in [-0.25, -0.2) is 13.2 Å². The highest BCUT2D eigenvalue weighted by atomic mass is 32.2. The highest BCUT2D eigenvalue weighted by Gasteiger charge is 2.48. The van der Waals surface area contributed by atoms with E-state index in [4.69, 9.17) is 20.7 Å². The number of hydrogen-bond donors (Lipinski definition) is 3. The molecule has 116 valence electrons. The van der Waals surface area contributed by atoms with Gasteiger partial charge in [0.25, 0.3) is 0 Å². The van der Waals surface area contributed by atoms with Crippen LogP contribution in [0.25, 0.3) is 0 Å². The Bertz CT molecular complexity index is 638. The molecule has 1 aromatic rings. The maximum absolute atomic E-state index is 12.4. The minimum absolute atomic E-state index is 0.321. The SMILES string of the molecule is COc1ccc(S(=O)(=O)[C@@](N)(CCC(=O)O)C(=O)O)cc1. The lowest BCUT2D eigenvalue weighted by molar-refractivity contribution is -0.141. The molecule has 0 saturated heterocycles. The Kier molecular flexibility index (Phi) is 4.92. The third kappa shape index (κ3) is 3.31. The van der Waals surface area contributed by atoms with E-state index in [1.807, 2.05) is 0 Å². The van der Waals surface area contributed by atoms with Crippen molar-refractivity contribution in [3.8, 4) is 5.75 Å². The third-order valence-electron chi connectivity index (χ3n) is 2.92. The van der Waals surface area contributed by atoms with Gasteiger partial charge in [-0.1, -0.05) is 0 Å². The molecule has 0 aliphatic rings. The van der Waals surface area contributed by atoms with Crippen LogP contribution in [0.2, 0.25) is 0 Å². The Morgan fingerprint density at radius 3 is 2.14 bits per heavy atom. The molecule has 0 aliphatic carbocycles. The van der Waals surface area contributed by atoms with Crippen molar-refractivity contribution in [3.05, 3.63) is 24.3 Å². The van der Waals surface area contributed by atoms with Crippen molar-refractivity contribution in [3.63, 3.8) is 0 Å². The first-order valence-corrected chi connectivity index (χ1v) is 7.26. The first-order valence-electron chi connectivity index (χ1n) is 5.78. The van der Waals surface area contributed by atoms with E-state index in [0.29, 0.717) is 5.75 Å². The van der Waals surface area contributed by atoms with Gasteiger partial charge in [-0.15, -0.1) is 0 Å². The first-order chi connectivity index (χ1) is 9.65. The van der Waals surface area contributed by atoms with E-state index in [-0.39, 0.29) is 4.90 Å². The molecule has 1 atom stereocenters. The summed E-state index contributed by atoms with van der Waals surface area (Å²) in [5.74, 6) is -2.76. The molecular weight excluding hydrogens is 302 g/mol. The lowest BCUT2D eigenvalue weighted by Crippen LogP contribution is -2.54. The zero-order chi connectivity index (χ0) is 16.3. The van der Waals surface area contributed by atoms with E-state index < -0.39 is 39.5 Å². The number of aliphatic carboxylic acids is 2. The molecule has 0 unspecified atom stereocenters. The van der Waals surface area contributed by atoms with Crippen molar-refractivity contribution in [2.45, 2.75) is 22.6 Å².